The minimum Gasteiger partial charge on any atom is -0.377 e. The predicted octanol–water partition coefficient (Wildman–Crippen LogP) is 2.43. The molecule has 0 aromatic heterocycles. The number of halogens is 1. The van der Waals surface area contributed by atoms with Crippen LogP contribution in [0.5, 0.6) is 0 Å². The fraction of sp³-hybridized carbons (Fsp3) is 0.632. The summed E-state index contributed by atoms with van der Waals surface area (Å²) in [6, 6.07) is 7.08. The second-order valence-electron chi connectivity index (χ2n) is 7.29. The van der Waals surface area contributed by atoms with Crippen molar-refractivity contribution < 1.29 is 13.9 Å². The molecule has 3 aliphatic rings. The number of ether oxygens (including phenoxy) is 1. The highest BCUT2D eigenvalue weighted by molar-refractivity contribution is 5.79. The summed E-state index contributed by atoms with van der Waals surface area (Å²) in [5.74, 6) is 0.120. The van der Waals surface area contributed by atoms with Crippen LogP contribution in [0.2, 0.25) is 0 Å². The maximum atomic E-state index is 13.1. The van der Waals surface area contributed by atoms with Gasteiger partial charge in [0.05, 0.1) is 12.0 Å². The van der Waals surface area contributed by atoms with Crippen molar-refractivity contribution in [1.29, 1.82) is 0 Å². The van der Waals surface area contributed by atoms with E-state index < -0.39 is 0 Å². The predicted molar refractivity (Wildman–Crippen MR) is 88.9 cm³/mol. The summed E-state index contributed by atoms with van der Waals surface area (Å²) in [7, 11) is 0. The fourth-order valence-corrected chi connectivity index (χ4v) is 4.43. The molecule has 1 amide bonds. The van der Waals surface area contributed by atoms with Crippen LogP contribution in [0.25, 0.3) is 0 Å². The first-order chi connectivity index (χ1) is 11.7. The summed E-state index contributed by atoms with van der Waals surface area (Å²) in [6.45, 7) is 4.14. The smallest absolute Gasteiger partial charge is 0.227 e. The van der Waals surface area contributed by atoms with Crippen molar-refractivity contribution in [3.8, 4) is 0 Å². The number of fused-ring (bicyclic) bond motifs is 1. The highest BCUT2D eigenvalue weighted by Crippen LogP contribution is 2.33. The van der Waals surface area contributed by atoms with Crippen LogP contribution in [-0.4, -0.2) is 54.1 Å². The number of rotatable bonds is 3. The van der Waals surface area contributed by atoms with Gasteiger partial charge in [0, 0.05) is 38.8 Å². The molecule has 1 aromatic rings. The molecule has 4 nitrogen and oxygen atoms in total. The molecule has 3 heterocycles. The van der Waals surface area contributed by atoms with E-state index in [0.29, 0.717) is 11.9 Å². The number of benzene rings is 1. The van der Waals surface area contributed by atoms with Crippen molar-refractivity contribution in [2.75, 3.05) is 26.2 Å². The van der Waals surface area contributed by atoms with Gasteiger partial charge in [0.1, 0.15) is 5.82 Å². The maximum absolute atomic E-state index is 13.1. The molecule has 4 rings (SSSR count). The molecule has 5 heteroatoms. The Hall–Kier alpha value is -1.46. The van der Waals surface area contributed by atoms with E-state index >= 15 is 0 Å². The van der Waals surface area contributed by atoms with Crippen LogP contribution in [0, 0.1) is 11.7 Å². The van der Waals surface area contributed by atoms with E-state index in [2.05, 4.69) is 4.90 Å². The molecule has 130 valence electrons. The van der Waals surface area contributed by atoms with E-state index in [1.54, 1.807) is 0 Å². The molecule has 0 aliphatic carbocycles. The van der Waals surface area contributed by atoms with Crippen molar-refractivity contribution >= 4 is 5.91 Å². The van der Waals surface area contributed by atoms with Gasteiger partial charge in [0.2, 0.25) is 5.91 Å². The minimum absolute atomic E-state index is 0.0305. The van der Waals surface area contributed by atoms with Gasteiger partial charge >= 0.3 is 0 Å². The zero-order chi connectivity index (χ0) is 16.5. The third-order valence-corrected chi connectivity index (χ3v) is 5.68. The zero-order valence-electron chi connectivity index (χ0n) is 14.0. The summed E-state index contributed by atoms with van der Waals surface area (Å²) >= 11 is 0. The number of likely N-dealkylation sites (tertiary alicyclic amines) is 2. The minimum atomic E-state index is -0.207. The number of piperidine rings is 1. The van der Waals surface area contributed by atoms with Crippen LogP contribution in [-0.2, 0) is 16.1 Å². The van der Waals surface area contributed by atoms with Gasteiger partial charge in [-0.2, -0.15) is 0 Å². The van der Waals surface area contributed by atoms with E-state index in [4.69, 9.17) is 4.74 Å². The average Bonchev–Trinajstić information content (AvgIpc) is 3.27. The first-order valence-electron chi connectivity index (χ1n) is 9.09. The molecule has 3 fully saturated rings. The van der Waals surface area contributed by atoms with Crippen LogP contribution in [0.3, 0.4) is 0 Å². The average molecular weight is 332 g/mol. The Labute approximate surface area is 142 Å². The topological polar surface area (TPSA) is 32.8 Å². The van der Waals surface area contributed by atoms with E-state index in [1.807, 2.05) is 17.0 Å². The molecular weight excluding hydrogens is 307 g/mol. The number of hydrogen-bond donors (Lipinski definition) is 0. The standard InChI is InChI=1S/C19H25FN2O2/c20-16-5-3-14(4-6-16)12-22-13-15(11-18-17(22)7-10-24-18)19(23)21-8-1-2-9-21/h3-6,15,17-18H,1-2,7-13H2/t15-,17+,18+/m1/s1. The third-order valence-electron chi connectivity index (χ3n) is 5.68. The van der Waals surface area contributed by atoms with Crippen LogP contribution >= 0.6 is 0 Å². The highest BCUT2D eigenvalue weighted by Gasteiger charge is 2.43. The van der Waals surface area contributed by atoms with Gasteiger partial charge in [-0.05, 0) is 43.4 Å². The van der Waals surface area contributed by atoms with Crippen molar-refractivity contribution in [3.63, 3.8) is 0 Å². The SMILES string of the molecule is O=C([C@@H]1C[C@@H]2OCC[C@@H]2N(Cc2ccc(F)cc2)C1)N1CCCC1. The third kappa shape index (κ3) is 3.20. The molecule has 0 spiro atoms. The van der Waals surface area contributed by atoms with Crippen LogP contribution < -0.4 is 0 Å². The Kier molecular flexibility index (Phi) is 4.55. The van der Waals surface area contributed by atoms with Gasteiger partial charge in [-0.15, -0.1) is 0 Å². The Morgan fingerprint density at radius 2 is 1.96 bits per heavy atom. The van der Waals surface area contributed by atoms with E-state index in [-0.39, 0.29) is 17.8 Å². The second kappa shape index (κ2) is 6.81. The summed E-state index contributed by atoms with van der Waals surface area (Å²) in [4.78, 5) is 17.2. The number of carbonyl (C=O) groups excluding carboxylic acids is 1. The molecule has 3 aliphatic heterocycles. The van der Waals surface area contributed by atoms with Crippen LogP contribution in [0.4, 0.5) is 4.39 Å². The molecule has 0 bridgehead atoms. The molecule has 0 unspecified atom stereocenters. The number of carbonyl (C=O) groups is 1. The first kappa shape index (κ1) is 16.0. The summed E-state index contributed by atoms with van der Waals surface area (Å²) in [6.07, 6.45) is 4.28. The van der Waals surface area contributed by atoms with Gasteiger partial charge in [0.25, 0.3) is 0 Å². The Balaban J connectivity index is 1.48. The van der Waals surface area contributed by atoms with E-state index in [9.17, 15) is 9.18 Å². The number of nitrogens with zero attached hydrogens (tertiary/aromatic N) is 2. The van der Waals surface area contributed by atoms with Gasteiger partial charge in [-0.3, -0.25) is 9.69 Å². The molecule has 24 heavy (non-hydrogen) atoms. The Morgan fingerprint density at radius 1 is 1.21 bits per heavy atom. The maximum Gasteiger partial charge on any atom is 0.227 e. The monoisotopic (exact) mass is 332 g/mol. The fourth-order valence-electron chi connectivity index (χ4n) is 4.43. The van der Waals surface area contributed by atoms with E-state index in [1.165, 1.54) is 12.1 Å². The van der Waals surface area contributed by atoms with Crippen molar-refractivity contribution in [1.82, 2.24) is 9.80 Å². The number of hydrogen-bond acceptors (Lipinski definition) is 3. The lowest BCUT2D eigenvalue weighted by atomic mass is 9.88. The summed E-state index contributed by atoms with van der Waals surface area (Å²) in [5.41, 5.74) is 1.09. The van der Waals surface area contributed by atoms with Crippen molar-refractivity contribution in [2.45, 2.75) is 44.4 Å². The molecular formula is C19H25FN2O2. The molecule has 1 aromatic carbocycles. The van der Waals surface area contributed by atoms with Gasteiger partial charge < -0.3 is 9.64 Å². The molecule has 3 saturated heterocycles. The molecule has 0 saturated carbocycles. The van der Waals surface area contributed by atoms with Crippen LogP contribution in [0.15, 0.2) is 24.3 Å². The number of amides is 1. The normalized spacial score (nSPS) is 30.5. The Morgan fingerprint density at radius 3 is 2.71 bits per heavy atom. The van der Waals surface area contributed by atoms with Crippen molar-refractivity contribution in [2.24, 2.45) is 5.92 Å². The quantitative estimate of drug-likeness (QED) is 0.852. The lowest BCUT2D eigenvalue weighted by Gasteiger charge is -2.41. The van der Waals surface area contributed by atoms with Gasteiger partial charge in [-0.25, -0.2) is 4.39 Å². The zero-order valence-corrected chi connectivity index (χ0v) is 14.0. The molecule has 3 atom stereocenters. The molecule has 0 radical (unpaired) electrons. The van der Waals surface area contributed by atoms with Gasteiger partial charge in [-0.1, -0.05) is 12.1 Å². The Bertz CT molecular complexity index is 586. The van der Waals surface area contributed by atoms with Gasteiger partial charge in [0.15, 0.2) is 0 Å². The van der Waals surface area contributed by atoms with Crippen molar-refractivity contribution in [3.05, 3.63) is 35.6 Å². The highest BCUT2D eigenvalue weighted by atomic mass is 19.1. The molecule has 0 N–H and O–H groups in total. The summed E-state index contributed by atoms with van der Waals surface area (Å²) < 4.78 is 19.1. The largest absolute Gasteiger partial charge is 0.377 e. The second-order valence-corrected chi connectivity index (χ2v) is 7.29. The summed E-state index contributed by atoms with van der Waals surface area (Å²) in [5, 5.41) is 0. The van der Waals surface area contributed by atoms with Crippen LogP contribution in [0.1, 0.15) is 31.2 Å². The first-order valence-corrected chi connectivity index (χ1v) is 9.09. The lowest BCUT2D eigenvalue weighted by Crippen LogP contribution is -2.52. The lowest BCUT2D eigenvalue weighted by molar-refractivity contribution is -0.139. The van der Waals surface area contributed by atoms with E-state index in [0.717, 1.165) is 64.0 Å².